The highest BCUT2D eigenvalue weighted by molar-refractivity contribution is 8.13. The molecule has 0 atom stereocenters. The van der Waals surface area contributed by atoms with Crippen LogP contribution in [0.5, 0.6) is 0 Å². The molecule has 118 valence electrons. The zero-order valence-electron chi connectivity index (χ0n) is 10.6. The van der Waals surface area contributed by atoms with E-state index in [1.807, 2.05) is 5.32 Å². The Morgan fingerprint density at radius 1 is 1.33 bits per heavy atom. The molecular weight excluding hydrogens is 338 g/mol. The summed E-state index contributed by atoms with van der Waals surface area (Å²) in [6.45, 7) is 0.516. The molecule has 0 aliphatic rings. The van der Waals surface area contributed by atoms with Crippen molar-refractivity contribution in [3.05, 3.63) is 29.1 Å². The third-order valence-corrected chi connectivity index (χ3v) is 3.93. The minimum atomic E-state index is -4.47. The summed E-state index contributed by atoms with van der Waals surface area (Å²) in [5.74, 6) is -2.21. The minimum Gasteiger partial charge on any atom is -0.352 e. The first kappa shape index (κ1) is 17.7. The Labute approximate surface area is 122 Å². The van der Waals surface area contributed by atoms with Crippen LogP contribution in [-0.4, -0.2) is 27.0 Å². The Morgan fingerprint density at radius 3 is 2.38 bits per heavy atom. The lowest BCUT2D eigenvalue weighted by atomic mass is 10.1. The van der Waals surface area contributed by atoms with Crippen LogP contribution in [-0.2, 0) is 9.05 Å². The highest BCUT2D eigenvalue weighted by Crippen LogP contribution is 2.23. The van der Waals surface area contributed by atoms with E-state index in [-0.39, 0.29) is 5.56 Å². The lowest BCUT2D eigenvalue weighted by Gasteiger charge is -2.10. The molecule has 0 saturated heterocycles. The number of benzene rings is 1. The zero-order valence-corrected chi connectivity index (χ0v) is 12.2. The Hall–Kier alpha value is -1.35. The second kappa shape index (κ2) is 6.18. The number of hydrogen-bond donors (Lipinski definition) is 1. The smallest absolute Gasteiger partial charge is 0.352 e. The highest BCUT2D eigenvalue weighted by Gasteiger charge is 2.27. The van der Waals surface area contributed by atoms with E-state index in [0.29, 0.717) is 6.07 Å². The summed E-state index contributed by atoms with van der Waals surface area (Å²) < 4.78 is 71.9. The van der Waals surface area contributed by atoms with E-state index in [1.165, 1.54) is 6.92 Å². The van der Waals surface area contributed by atoms with E-state index in [0.717, 1.165) is 6.07 Å². The Kier molecular flexibility index (Phi) is 5.21. The fourth-order valence-electron chi connectivity index (χ4n) is 1.50. The maximum atomic E-state index is 13.6. The van der Waals surface area contributed by atoms with Gasteiger partial charge in [0.1, 0.15) is 5.82 Å². The summed E-state index contributed by atoms with van der Waals surface area (Å²) in [7, 11) is 0.922. The number of rotatable bonds is 4. The van der Waals surface area contributed by atoms with Gasteiger partial charge >= 0.3 is 6.18 Å². The van der Waals surface area contributed by atoms with Crippen LogP contribution in [0.15, 0.2) is 17.0 Å². The van der Waals surface area contributed by atoms with Gasteiger partial charge in [0, 0.05) is 17.2 Å². The number of hydrogen-bond acceptors (Lipinski definition) is 3. The van der Waals surface area contributed by atoms with Gasteiger partial charge in [-0.25, -0.2) is 12.8 Å². The molecule has 0 aliphatic carbocycles. The predicted molar refractivity (Wildman–Crippen MR) is 67.2 cm³/mol. The van der Waals surface area contributed by atoms with Crippen LogP contribution in [0.25, 0.3) is 0 Å². The number of aryl methyl sites for hydroxylation is 1. The summed E-state index contributed by atoms with van der Waals surface area (Å²) in [5.41, 5.74) is -0.712. The summed E-state index contributed by atoms with van der Waals surface area (Å²) in [4.78, 5) is 11.1. The van der Waals surface area contributed by atoms with Gasteiger partial charge in [-0.15, -0.1) is 0 Å². The quantitative estimate of drug-likeness (QED) is 0.673. The number of carbonyl (C=O) groups excluding carboxylic acids is 1. The molecule has 0 spiro atoms. The maximum absolute atomic E-state index is 13.6. The Morgan fingerprint density at radius 2 is 1.90 bits per heavy atom. The van der Waals surface area contributed by atoms with Gasteiger partial charge in [0.25, 0.3) is 15.0 Å². The molecule has 0 saturated carbocycles. The van der Waals surface area contributed by atoms with Crippen molar-refractivity contribution < 1.29 is 30.8 Å². The third-order valence-electron chi connectivity index (χ3n) is 2.47. The Balaban J connectivity index is 3.00. The van der Waals surface area contributed by atoms with Crippen LogP contribution >= 0.6 is 10.7 Å². The standard InChI is InChI=1S/C11H10ClF4NO3S/c1-6-4-8(13)7(5-9(6)21(12,19)20)10(18)17-3-2-11(14,15)16/h4-5H,2-3H2,1H3,(H,17,18). The molecule has 1 amide bonds. The van der Waals surface area contributed by atoms with Gasteiger partial charge in [-0.1, -0.05) is 0 Å². The number of halogens is 5. The first-order valence-electron chi connectivity index (χ1n) is 5.51. The molecule has 0 bridgehead atoms. The number of carbonyl (C=O) groups is 1. The monoisotopic (exact) mass is 347 g/mol. The fraction of sp³-hybridized carbons (Fsp3) is 0.364. The van der Waals surface area contributed by atoms with Crippen LogP contribution in [0.4, 0.5) is 17.6 Å². The fourth-order valence-corrected chi connectivity index (χ4v) is 2.70. The molecule has 1 aromatic rings. The summed E-state index contributed by atoms with van der Waals surface area (Å²) in [6, 6.07) is 1.46. The molecule has 0 aliphatic heterocycles. The largest absolute Gasteiger partial charge is 0.390 e. The molecule has 1 aromatic carbocycles. The summed E-state index contributed by atoms with van der Waals surface area (Å²) in [6.07, 6.45) is -5.75. The van der Waals surface area contributed by atoms with Gasteiger partial charge in [0.2, 0.25) is 0 Å². The third kappa shape index (κ3) is 5.16. The van der Waals surface area contributed by atoms with Crippen molar-refractivity contribution in [3.8, 4) is 0 Å². The Bertz CT molecular complexity index is 658. The van der Waals surface area contributed by atoms with E-state index < -0.39 is 50.4 Å². The highest BCUT2D eigenvalue weighted by atomic mass is 35.7. The van der Waals surface area contributed by atoms with Gasteiger partial charge in [0.05, 0.1) is 16.9 Å². The van der Waals surface area contributed by atoms with Crippen molar-refractivity contribution >= 4 is 25.6 Å². The molecule has 0 heterocycles. The molecule has 0 unspecified atom stereocenters. The maximum Gasteiger partial charge on any atom is 0.390 e. The molecule has 0 aromatic heterocycles. The van der Waals surface area contributed by atoms with Gasteiger partial charge < -0.3 is 5.32 Å². The average Bonchev–Trinajstić information content (AvgIpc) is 2.24. The average molecular weight is 348 g/mol. The lowest BCUT2D eigenvalue weighted by Crippen LogP contribution is -2.28. The molecule has 0 fully saturated rings. The van der Waals surface area contributed by atoms with E-state index in [9.17, 15) is 30.8 Å². The predicted octanol–water partition coefficient (Wildman–Crippen LogP) is 2.74. The topological polar surface area (TPSA) is 63.2 Å². The lowest BCUT2D eigenvalue weighted by molar-refractivity contribution is -0.132. The van der Waals surface area contributed by atoms with E-state index in [4.69, 9.17) is 10.7 Å². The molecule has 1 N–H and O–H groups in total. The van der Waals surface area contributed by atoms with E-state index >= 15 is 0 Å². The first-order chi connectivity index (χ1) is 9.42. The van der Waals surface area contributed by atoms with Crippen molar-refractivity contribution in [1.82, 2.24) is 5.32 Å². The van der Waals surface area contributed by atoms with Crippen molar-refractivity contribution in [2.45, 2.75) is 24.4 Å². The molecule has 21 heavy (non-hydrogen) atoms. The van der Waals surface area contributed by atoms with Gasteiger partial charge in [-0.3, -0.25) is 4.79 Å². The van der Waals surface area contributed by atoms with Crippen LogP contribution < -0.4 is 5.32 Å². The van der Waals surface area contributed by atoms with Gasteiger partial charge in [0.15, 0.2) is 0 Å². The van der Waals surface area contributed by atoms with Crippen LogP contribution in [0.1, 0.15) is 22.3 Å². The minimum absolute atomic E-state index is 0.0191. The van der Waals surface area contributed by atoms with Crippen molar-refractivity contribution in [3.63, 3.8) is 0 Å². The van der Waals surface area contributed by atoms with Crippen LogP contribution in [0.3, 0.4) is 0 Å². The van der Waals surface area contributed by atoms with E-state index in [2.05, 4.69) is 0 Å². The van der Waals surface area contributed by atoms with Gasteiger partial charge in [-0.05, 0) is 24.6 Å². The molecular formula is C11H10ClF4NO3S. The SMILES string of the molecule is Cc1cc(F)c(C(=O)NCCC(F)(F)F)cc1S(=O)(=O)Cl. The van der Waals surface area contributed by atoms with Crippen molar-refractivity contribution in [2.75, 3.05) is 6.54 Å². The first-order valence-corrected chi connectivity index (χ1v) is 7.82. The molecule has 10 heteroatoms. The second-order valence-electron chi connectivity index (χ2n) is 4.16. The number of amides is 1. The zero-order chi connectivity index (χ0) is 16.4. The van der Waals surface area contributed by atoms with Crippen molar-refractivity contribution in [2.24, 2.45) is 0 Å². The number of alkyl halides is 3. The summed E-state index contributed by atoms with van der Waals surface area (Å²) >= 11 is 0. The molecule has 4 nitrogen and oxygen atoms in total. The normalized spacial score (nSPS) is 12.3. The van der Waals surface area contributed by atoms with Crippen molar-refractivity contribution in [1.29, 1.82) is 0 Å². The molecule has 1 rings (SSSR count). The van der Waals surface area contributed by atoms with Gasteiger partial charge in [-0.2, -0.15) is 13.2 Å². The molecule has 0 radical (unpaired) electrons. The number of nitrogens with one attached hydrogen (secondary N) is 1. The van der Waals surface area contributed by atoms with Crippen LogP contribution in [0, 0.1) is 12.7 Å². The second-order valence-corrected chi connectivity index (χ2v) is 6.69. The summed E-state index contributed by atoms with van der Waals surface area (Å²) in [5, 5.41) is 1.86. The van der Waals surface area contributed by atoms with E-state index in [1.54, 1.807) is 0 Å². The van der Waals surface area contributed by atoms with Crippen LogP contribution in [0.2, 0.25) is 0 Å².